The molecular formula is C17H16BrClN4O3. The van der Waals surface area contributed by atoms with E-state index in [0.717, 1.165) is 10.0 Å². The number of fused-ring (bicyclic) bond motifs is 1. The van der Waals surface area contributed by atoms with E-state index in [-0.39, 0.29) is 13.2 Å². The molecular weight excluding hydrogens is 424 g/mol. The molecule has 3 N–H and O–H groups in total. The van der Waals surface area contributed by atoms with Crippen molar-refractivity contribution in [1.82, 2.24) is 14.9 Å². The van der Waals surface area contributed by atoms with Crippen molar-refractivity contribution in [3.05, 3.63) is 57.4 Å². The summed E-state index contributed by atoms with van der Waals surface area (Å²) >= 11 is 9.67. The predicted molar refractivity (Wildman–Crippen MR) is 103 cm³/mol. The number of hydrogen-bond donors (Lipinski definition) is 3. The fourth-order valence-electron chi connectivity index (χ4n) is 2.50. The quantitative estimate of drug-likeness (QED) is 0.404. The lowest BCUT2D eigenvalue weighted by Gasteiger charge is -2.17. The van der Waals surface area contributed by atoms with Crippen molar-refractivity contribution in [2.75, 3.05) is 18.5 Å². The van der Waals surface area contributed by atoms with Gasteiger partial charge in [-0.05, 0) is 25.1 Å². The summed E-state index contributed by atoms with van der Waals surface area (Å²) in [6, 6.07) is 5.42. The van der Waals surface area contributed by atoms with Gasteiger partial charge in [-0.15, -0.1) is 0 Å². The van der Waals surface area contributed by atoms with Crippen LogP contribution in [0.5, 0.6) is 0 Å². The van der Waals surface area contributed by atoms with E-state index in [0.29, 0.717) is 27.6 Å². The van der Waals surface area contributed by atoms with E-state index >= 15 is 0 Å². The van der Waals surface area contributed by atoms with Crippen LogP contribution in [0.3, 0.4) is 0 Å². The molecule has 0 atom stereocenters. The number of nitrogens with one attached hydrogen (secondary N) is 2. The number of nitrogens with zero attached hydrogens (tertiary/aromatic N) is 2. The maximum atomic E-state index is 12.6. The number of benzene rings is 1. The minimum absolute atomic E-state index is 0.000651. The fraction of sp³-hybridized carbons (Fsp3) is 0.176. The molecule has 0 saturated carbocycles. The number of aliphatic hydroxyl groups excluding tert-OH is 1. The number of aromatic nitrogens is 2. The van der Waals surface area contributed by atoms with Crippen LogP contribution in [-0.4, -0.2) is 33.6 Å². The predicted octanol–water partition coefficient (Wildman–Crippen LogP) is 3.46. The molecule has 0 aliphatic carbocycles. The van der Waals surface area contributed by atoms with Gasteiger partial charge in [0.1, 0.15) is 5.65 Å². The maximum absolute atomic E-state index is 12.6. The van der Waals surface area contributed by atoms with Crippen LogP contribution < -0.4 is 10.8 Å². The molecule has 7 nitrogen and oxygen atoms in total. The summed E-state index contributed by atoms with van der Waals surface area (Å²) in [7, 11) is 0. The van der Waals surface area contributed by atoms with Crippen LogP contribution in [0.15, 0.2) is 41.3 Å². The molecule has 9 heteroatoms. The number of aliphatic hydroxyl groups is 1. The number of hydrogen-bond acceptors (Lipinski definition) is 5. The highest BCUT2D eigenvalue weighted by Gasteiger charge is 2.18. The summed E-state index contributed by atoms with van der Waals surface area (Å²) in [5, 5.41) is 12.5. The van der Waals surface area contributed by atoms with E-state index in [1.165, 1.54) is 0 Å². The second-order valence-electron chi connectivity index (χ2n) is 5.45. The van der Waals surface area contributed by atoms with Crippen LogP contribution in [0.25, 0.3) is 5.65 Å². The van der Waals surface area contributed by atoms with Crippen LogP contribution >= 0.6 is 27.5 Å². The number of pyridine rings is 1. The molecule has 136 valence electrons. The van der Waals surface area contributed by atoms with Gasteiger partial charge in [-0.3, -0.25) is 9.63 Å². The number of carbonyl (C=O) groups excluding carboxylic acids is 1. The molecule has 1 aromatic carbocycles. The van der Waals surface area contributed by atoms with E-state index in [4.69, 9.17) is 21.5 Å². The van der Waals surface area contributed by atoms with Crippen molar-refractivity contribution in [1.29, 1.82) is 0 Å². The van der Waals surface area contributed by atoms with Gasteiger partial charge in [0.05, 0.1) is 35.2 Å². The van der Waals surface area contributed by atoms with Crippen molar-refractivity contribution >= 4 is 50.5 Å². The number of rotatable bonds is 6. The number of imidazole rings is 1. The maximum Gasteiger partial charge on any atom is 0.278 e. The first-order valence-electron chi connectivity index (χ1n) is 7.72. The van der Waals surface area contributed by atoms with Crippen molar-refractivity contribution in [2.24, 2.45) is 0 Å². The monoisotopic (exact) mass is 438 g/mol. The SMILES string of the molecule is Cc1c(Nc2ccc(Br)cc2Cl)c(C(=O)NOCCO)cn2ccnc12. The standard InChI is InChI=1S/C17H16BrClN4O3/c1-10-15(21-14-3-2-11(18)8-13(14)19)12(17(25)22-26-7-6-24)9-23-5-4-20-16(10)23/h2-5,8-9,21,24H,6-7H2,1H3,(H,22,25). The van der Waals surface area contributed by atoms with Gasteiger partial charge in [-0.25, -0.2) is 10.5 Å². The molecule has 0 unspecified atom stereocenters. The Hall–Kier alpha value is -2.13. The summed E-state index contributed by atoms with van der Waals surface area (Å²) in [5.41, 5.74) is 5.39. The normalized spacial score (nSPS) is 10.9. The molecule has 0 aliphatic rings. The molecule has 0 spiro atoms. The lowest BCUT2D eigenvalue weighted by Crippen LogP contribution is -2.26. The van der Waals surface area contributed by atoms with Crippen molar-refractivity contribution in [2.45, 2.75) is 6.92 Å². The molecule has 0 aliphatic heterocycles. The van der Waals surface area contributed by atoms with Gasteiger partial charge in [0, 0.05) is 28.6 Å². The highest BCUT2D eigenvalue weighted by Crippen LogP contribution is 2.32. The zero-order valence-electron chi connectivity index (χ0n) is 13.8. The molecule has 26 heavy (non-hydrogen) atoms. The minimum Gasteiger partial charge on any atom is -0.394 e. The summed E-state index contributed by atoms with van der Waals surface area (Å²) in [5.74, 6) is -0.451. The largest absolute Gasteiger partial charge is 0.394 e. The number of halogens is 2. The lowest BCUT2D eigenvalue weighted by atomic mass is 10.1. The molecule has 1 amide bonds. The van der Waals surface area contributed by atoms with Crippen LogP contribution in [0.4, 0.5) is 11.4 Å². The van der Waals surface area contributed by atoms with Crippen molar-refractivity contribution in [3.8, 4) is 0 Å². The smallest absolute Gasteiger partial charge is 0.278 e. The first-order chi connectivity index (χ1) is 12.5. The summed E-state index contributed by atoms with van der Waals surface area (Å²) in [4.78, 5) is 21.8. The summed E-state index contributed by atoms with van der Waals surface area (Å²) in [6.45, 7) is 1.67. The van der Waals surface area contributed by atoms with Crippen molar-refractivity contribution in [3.63, 3.8) is 0 Å². The highest BCUT2D eigenvalue weighted by atomic mass is 79.9. The van der Waals surface area contributed by atoms with Gasteiger partial charge in [-0.2, -0.15) is 0 Å². The third kappa shape index (κ3) is 3.83. The van der Waals surface area contributed by atoms with Crippen LogP contribution in [0.1, 0.15) is 15.9 Å². The van der Waals surface area contributed by atoms with Gasteiger partial charge in [0.25, 0.3) is 5.91 Å². The Balaban J connectivity index is 2.04. The van der Waals surface area contributed by atoms with Crippen LogP contribution in [0, 0.1) is 6.92 Å². The number of carbonyl (C=O) groups is 1. The van der Waals surface area contributed by atoms with Gasteiger partial charge < -0.3 is 14.8 Å². The highest BCUT2D eigenvalue weighted by molar-refractivity contribution is 9.10. The average Bonchev–Trinajstić information content (AvgIpc) is 3.08. The number of anilines is 2. The third-order valence-electron chi connectivity index (χ3n) is 3.71. The van der Waals surface area contributed by atoms with E-state index in [1.807, 2.05) is 19.1 Å². The molecule has 0 fully saturated rings. The van der Waals surface area contributed by atoms with E-state index in [9.17, 15) is 4.79 Å². The van der Waals surface area contributed by atoms with Crippen LogP contribution in [-0.2, 0) is 4.84 Å². The molecule has 2 heterocycles. The molecule has 0 radical (unpaired) electrons. The van der Waals surface area contributed by atoms with Gasteiger partial charge in [0.2, 0.25) is 0 Å². The van der Waals surface area contributed by atoms with Gasteiger partial charge in [-0.1, -0.05) is 27.5 Å². The Bertz CT molecular complexity index is 961. The second kappa shape index (κ2) is 8.05. The minimum atomic E-state index is -0.451. The van der Waals surface area contributed by atoms with Crippen LogP contribution in [0.2, 0.25) is 5.02 Å². The second-order valence-corrected chi connectivity index (χ2v) is 6.78. The Morgan fingerprint density at radius 1 is 1.46 bits per heavy atom. The molecule has 3 aromatic rings. The third-order valence-corrected chi connectivity index (χ3v) is 4.52. The Morgan fingerprint density at radius 2 is 2.27 bits per heavy atom. The Labute approximate surface area is 163 Å². The first kappa shape index (κ1) is 18.7. The Morgan fingerprint density at radius 3 is 3.00 bits per heavy atom. The topological polar surface area (TPSA) is 87.9 Å². The van der Waals surface area contributed by atoms with E-state index < -0.39 is 5.91 Å². The average molecular weight is 440 g/mol. The summed E-state index contributed by atoms with van der Waals surface area (Å²) in [6.07, 6.45) is 5.06. The zero-order chi connectivity index (χ0) is 18.7. The van der Waals surface area contributed by atoms with Gasteiger partial charge in [0.15, 0.2) is 0 Å². The molecule has 2 aromatic heterocycles. The van der Waals surface area contributed by atoms with Gasteiger partial charge >= 0.3 is 0 Å². The lowest BCUT2D eigenvalue weighted by molar-refractivity contribution is 0.0168. The number of amides is 1. The number of aryl methyl sites for hydroxylation is 1. The Kier molecular flexibility index (Phi) is 5.77. The van der Waals surface area contributed by atoms with E-state index in [1.54, 1.807) is 29.1 Å². The van der Waals surface area contributed by atoms with Crippen molar-refractivity contribution < 1.29 is 14.7 Å². The fourth-order valence-corrected chi connectivity index (χ4v) is 3.22. The molecule has 0 bridgehead atoms. The first-order valence-corrected chi connectivity index (χ1v) is 8.89. The zero-order valence-corrected chi connectivity index (χ0v) is 16.1. The molecule has 3 rings (SSSR count). The summed E-state index contributed by atoms with van der Waals surface area (Å²) < 4.78 is 2.61. The number of hydroxylamine groups is 1. The molecule has 0 saturated heterocycles. The van der Waals surface area contributed by atoms with E-state index in [2.05, 4.69) is 31.7 Å².